The number of carbonyl (C=O) groups is 1. The number of anilines is 2. The maximum absolute atomic E-state index is 12.5. The number of benzene rings is 3. The number of aromatic nitrogens is 3. The Morgan fingerprint density at radius 3 is 2.28 bits per heavy atom. The molecule has 0 saturated carbocycles. The molecule has 160 valence electrons. The van der Waals surface area contributed by atoms with E-state index < -0.39 is 0 Å². The van der Waals surface area contributed by atoms with Crippen molar-refractivity contribution >= 4 is 47.5 Å². The lowest BCUT2D eigenvalue weighted by Gasteiger charge is -2.24. The van der Waals surface area contributed by atoms with Crippen molar-refractivity contribution in [3.8, 4) is 0 Å². The molecule has 8 heteroatoms. The van der Waals surface area contributed by atoms with Crippen LogP contribution >= 0.6 is 24.0 Å². The lowest BCUT2D eigenvalue weighted by Crippen LogP contribution is -2.20. The molecule has 1 aliphatic heterocycles. The van der Waals surface area contributed by atoms with Gasteiger partial charge in [-0.15, -0.1) is 17.5 Å². The molecule has 2 N–H and O–H groups in total. The molecule has 32 heavy (non-hydrogen) atoms. The molecule has 3 aromatic carbocycles. The molecular weight excluding hydrogens is 445 g/mol. The third kappa shape index (κ3) is 4.37. The van der Waals surface area contributed by atoms with E-state index >= 15 is 0 Å². The monoisotopic (exact) mass is 463 g/mol. The first-order valence-electron chi connectivity index (χ1n) is 9.80. The van der Waals surface area contributed by atoms with Crippen LogP contribution in [0.3, 0.4) is 0 Å². The van der Waals surface area contributed by atoms with E-state index in [9.17, 15) is 4.79 Å². The molecule has 1 unspecified atom stereocenters. The van der Waals surface area contributed by atoms with Gasteiger partial charge in [0.2, 0.25) is 5.95 Å². The van der Waals surface area contributed by atoms with Gasteiger partial charge in [-0.1, -0.05) is 72.3 Å². The van der Waals surface area contributed by atoms with Crippen molar-refractivity contribution in [3.05, 3.63) is 113 Å². The van der Waals surface area contributed by atoms with Gasteiger partial charge in [-0.25, -0.2) is 4.68 Å². The first kappa shape index (κ1) is 21.6. The largest absolute Gasteiger partial charge is 0.324 e. The summed E-state index contributed by atoms with van der Waals surface area (Å²) in [5.41, 5.74) is 3.48. The highest BCUT2D eigenvalue weighted by molar-refractivity contribution is 6.30. The van der Waals surface area contributed by atoms with Gasteiger partial charge in [-0.3, -0.25) is 10.1 Å². The standard InChI is InChI=1S/C24H18ClN5O.ClH/c25-19-13-11-16(12-14-19)20-15-21(17-7-3-1-4-8-17)30-24(26-20)28-23(29-30)27-22(31)18-9-5-2-6-10-18;/h1-15,21H,(H2,26,27,28,29,31);1H. The van der Waals surface area contributed by atoms with Crippen LogP contribution in [-0.2, 0) is 0 Å². The molecule has 2 heterocycles. The molecule has 0 aliphatic carbocycles. The van der Waals surface area contributed by atoms with Gasteiger partial charge in [0.15, 0.2) is 0 Å². The second kappa shape index (κ2) is 9.26. The van der Waals surface area contributed by atoms with Gasteiger partial charge in [0.25, 0.3) is 11.9 Å². The summed E-state index contributed by atoms with van der Waals surface area (Å²) in [7, 11) is 0. The highest BCUT2D eigenvalue weighted by atomic mass is 35.5. The molecule has 1 aromatic heterocycles. The van der Waals surface area contributed by atoms with E-state index in [1.807, 2.05) is 72.8 Å². The maximum Gasteiger partial charge on any atom is 0.258 e. The first-order valence-corrected chi connectivity index (χ1v) is 10.2. The van der Waals surface area contributed by atoms with Crippen molar-refractivity contribution in [2.75, 3.05) is 10.6 Å². The predicted octanol–water partition coefficient (Wildman–Crippen LogP) is 5.66. The van der Waals surface area contributed by atoms with E-state index in [0.29, 0.717) is 16.5 Å². The third-order valence-corrected chi connectivity index (χ3v) is 5.28. The number of rotatable bonds is 4. The van der Waals surface area contributed by atoms with Gasteiger partial charge in [0.1, 0.15) is 6.04 Å². The average molecular weight is 464 g/mol. The number of hydrogen-bond acceptors (Lipinski definition) is 4. The zero-order valence-electron chi connectivity index (χ0n) is 16.8. The zero-order valence-corrected chi connectivity index (χ0v) is 18.3. The fourth-order valence-corrected chi connectivity index (χ4v) is 3.62. The van der Waals surface area contributed by atoms with Crippen molar-refractivity contribution in [1.29, 1.82) is 0 Å². The van der Waals surface area contributed by atoms with E-state index in [1.165, 1.54) is 0 Å². The molecule has 5 rings (SSSR count). The molecule has 1 aliphatic rings. The van der Waals surface area contributed by atoms with Crippen molar-refractivity contribution < 1.29 is 4.79 Å². The summed E-state index contributed by atoms with van der Waals surface area (Å²) in [6.07, 6.45) is 2.09. The van der Waals surface area contributed by atoms with Crippen molar-refractivity contribution in [1.82, 2.24) is 14.8 Å². The van der Waals surface area contributed by atoms with E-state index in [1.54, 1.807) is 16.8 Å². The van der Waals surface area contributed by atoms with Crippen LogP contribution in [-0.4, -0.2) is 20.7 Å². The summed E-state index contributed by atoms with van der Waals surface area (Å²) in [5.74, 6) is 0.526. The molecule has 0 fully saturated rings. The quantitative estimate of drug-likeness (QED) is 0.409. The van der Waals surface area contributed by atoms with E-state index in [0.717, 1.165) is 16.8 Å². The van der Waals surface area contributed by atoms with Crippen molar-refractivity contribution in [2.45, 2.75) is 6.04 Å². The Hall–Kier alpha value is -3.61. The molecule has 1 amide bonds. The molecular formula is C24H19Cl2N5O. The second-order valence-electron chi connectivity index (χ2n) is 7.09. The smallest absolute Gasteiger partial charge is 0.258 e. The van der Waals surface area contributed by atoms with Crippen LogP contribution in [0.15, 0.2) is 91.0 Å². The number of carbonyl (C=O) groups excluding carboxylic acids is 1. The molecule has 4 aromatic rings. The number of nitrogens with zero attached hydrogens (tertiary/aromatic N) is 3. The van der Waals surface area contributed by atoms with Gasteiger partial charge in [0.05, 0.1) is 0 Å². The number of halogens is 2. The number of fused-ring (bicyclic) bond motifs is 1. The zero-order chi connectivity index (χ0) is 21.2. The highest BCUT2D eigenvalue weighted by Crippen LogP contribution is 2.33. The van der Waals surface area contributed by atoms with Crippen molar-refractivity contribution in [2.24, 2.45) is 0 Å². The van der Waals surface area contributed by atoms with Crippen LogP contribution in [0.2, 0.25) is 5.02 Å². The topological polar surface area (TPSA) is 71.8 Å². The van der Waals surface area contributed by atoms with Gasteiger partial charge in [-0.2, -0.15) is 4.98 Å². The first-order chi connectivity index (χ1) is 15.2. The van der Waals surface area contributed by atoms with E-state index in [2.05, 4.69) is 26.8 Å². The van der Waals surface area contributed by atoms with Gasteiger partial charge >= 0.3 is 0 Å². The minimum absolute atomic E-state index is 0. The summed E-state index contributed by atoms with van der Waals surface area (Å²) in [6, 6.07) is 26.4. The Morgan fingerprint density at radius 2 is 1.59 bits per heavy atom. The number of allylic oxidation sites excluding steroid dienone is 1. The minimum Gasteiger partial charge on any atom is -0.324 e. The van der Waals surface area contributed by atoms with Crippen molar-refractivity contribution in [3.63, 3.8) is 0 Å². The summed E-state index contributed by atoms with van der Waals surface area (Å²) < 4.78 is 1.77. The molecule has 0 bridgehead atoms. The lowest BCUT2D eigenvalue weighted by atomic mass is 10.0. The van der Waals surface area contributed by atoms with Crippen LogP contribution < -0.4 is 10.6 Å². The maximum atomic E-state index is 12.5. The van der Waals surface area contributed by atoms with E-state index in [-0.39, 0.29) is 30.3 Å². The molecule has 0 saturated heterocycles. The second-order valence-corrected chi connectivity index (χ2v) is 7.53. The summed E-state index contributed by atoms with van der Waals surface area (Å²) >= 11 is 6.05. The Morgan fingerprint density at radius 1 is 0.938 bits per heavy atom. The predicted molar refractivity (Wildman–Crippen MR) is 129 cm³/mol. The normalized spacial score (nSPS) is 14.4. The van der Waals surface area contributed by atoms with Crippen LogP contribution in [0.1, 0.15) is 27.5 Å². The third-order valence-electron chi connectivity index (χ3n) is 5.02. The number of hydrogen-bond donors (Lipinski definition) is 2. The molecule has 0 radical (unpaired) electrons. The van der Waals surface area contributed by atoms with Crippen LogP contribution in [0.25, 0.3) is 5.70 Å². The minimum atomic E-state index is -0.259. The van der Waals surface area contributed by atoms with Gasteiger partial charge in [-0.05, 0) is 41.5 Å². The number of nitrogens with one attached hydrogen (secondary N) is 2. The Bertz CT molecular complexity index is 1250. The fraction of sp³-hybridized carbons (Fsp3) is 0.0417. The molecule has 6 nitrogen and oxygen atoms in total. The van der Waals surface area contributed by atoms with E-state index in [4.69, 9.17) is 11.6 Å². The van der Waals surface area contributed by atoms with Crippen LogP contribution in [0.5, 0.6) is 0 Å². The van der Waals surface area contributed by atoms with Gasteiger partial charge in [0, 0.05) is 16.3 Å². The number of amides is 1. The average Bonchev–Trinajstić information content (AvgIpc) is 3.22. The summed E-state index contributed by atoms with van der Waals surface area (Å²) in [5, 5.41) is 11.3. The Balaban J connectivity index is 0.00000245. The molecule has 1 atom stereocenters. The Labute approximate surface area is 196 Å². The SMILES string of the molecule is Cl.O=C(Nc1nc2n(n1)C(c1ccccc1)C=C(c1ccc(Cl)cc1)N2)c1ccccc1. The van der Waals surface area contributed by atoms with Crippen LogP contribution in [0, 0.1) is 0 Å². The van der Waals surface area contributed by atoms with Gasteiger partial charge < -0.3 is 5.32 Å². The summed E-state index contributed by atoms with van der Waals surface area (Å²) in [4.78, 5) is 17.1. The lowest BCUT2D eigenvalue weighted by molar-refractivity contribution is 0.102. The Kier molecular flexibility index (Phi) is 6.25. The molecule has 0 spiro atoms. The van der Waals surface area contributed by atoms with Crippen LogP contribution in [0.4, 0.5) is 11.9 Å². The fourth-order valence-electron chi connectivity index (χ4n) is 3.49. The summed E-state index contributed by atoms with van der Waals surface area (Å²) in [6.45, 7) is 0. The highest BCUT2D eigenvalue weighted by Gasteiger charge is 2.25.